The number of hydrogen-bond acceptors (Lipinski definition) is 3. The minimum atomic E-state index is -0.289. The summed E-state index contributed by atoms with van der Waals surface area (Å²) >= 11 is 0. The van der Waals surface area contributed by atoms with Gasteiger partial charge in [-0.05, 0) is 26.8 Å². The van der Waals surface area contributed by atoms with E-state index >= 15 is 0 Å². The first-order valence-corrected chi connectivity index (χ1v) is 6.08. The minimum Gasteiger partial charge on any atom is -0.370 e. The van der Waals surface area contributed by atoms with Crippen LogP contribution in [0.2, 0.25) is 0 Å². The number of rotatable bonds is 7. The van der Waals surface area contributed by atoms with Crippen LogP contribution in [0, 0.1) is 13.8 Å². The van der Waals surface area contributed by atoms with Gasteiger partial charge in [-0.25, -0.2) is 0 Å². The molecule has 1 aromatic heterocycles. The number of hydrogen-bond donors (Lipinski definition) is 2. The van der Waals surface area contributed by atoms with Crippen molar-refractivity contribution in [2.24, 2.45) is 5.73 Å². The van der Waals surface area contributed by atoms with Gasteiger partial charge in [-0.1, -0.05) is 6.92 Å². The lowest BCUT2D eigenvalue weighted by Gasteiger charge is -2.05. The molecule has 5 nitrogen and oxygen atoms in total. The number of nitrogens with one attached hydrogen (secondary N) is 1. The maximum Gasteiger partial charge on any atom is 0.219 e. The first-order chi connectivity index (χ1) is 8.06. The summed E-state index contributed by atoms with van der Waals surface area (Å²) in [5.74, 6) is -0.289. The van der Waals surface area contributed by atoms with Gasteiger partial charge in [0.1, 0.15) is 0 Å². The van der Waals surface area contributed by atoms with E-state index in [1.54, 1.807) is 0 Å². The summed E-state index contributed by atoms with van der Waals surface area (Å²) in [6.07, 6.45) is 1.46. The van der Waals surface area contributed by atoms with E-state index in [1.807, 2.05) is 18.5 Å². The predicted octanol–water partition coefficient (Wildman–Crippen LogP) is 0.875. The summed E-state index contributed by atoms with van der Waals surface area (Å²) in [5, 5.41) is 7.80. The summed E-state index contributed by atoms with van der Waals surface area (Å²) < 4.78 is 1.86. The Morgan fingerprint density at radius 1 is 1.47 bits per heavy atom. The van der Waals surface area contributed by atoms with Crippen LogP contribution >= 0.6 is 0 Å². The molecule has 1 rings (SSSR count). The highest BCUT2D eigenvalue weighted by Crippen LogP contribution is 2.13. The summed E-state index contributed by atoms with van der Waals surface area (Å²) in [6, 6.07) is 0. The van der Waals surface area contributed by atoms with E-state index in [1.165, 1.54) is 5.56 Å². The Hall–Kier alpha value is -1.36. The molecule has 0 saturated heterocycles. The Labute approximate surface area is 102 Å². The molecule has 96 valence electrons. The van der Waals surface area contributed by atoms with E-state index in [4.69, 9.17) is 5.73 Å². The third-order valence-electron chi connectivity index (χ3n) is 2.83. The lowest BCUT2D eigenvalue weighted by molar-refractivity contribution is -0.118. The van der Waals surface area contributed by atoms with Gasteiger partial charge < -0.3 is 11.1 Å². The lowest BCUT2D eigenvalue weighted by atomic mass is 10.2. The number of carbonyl (C=O) groups excluding carboxylic acids is 1. The number of nitrogens with zero attached hydrogens (tertiary/aromatic N) is 2. The molecule has 1 amide bonds. The normalized spacial score (nSPS) is 10.8. The Balaban J connectivity index is 2.68. The molecule has 1 heterocycles. The van der Waals surface area contributed by atoms with Crippen LogP contribution in [0.1, 0.15) is 36.7 Å². The van der Waals surface area contributed by atoms with Crippen LogP contribution in [-0.2, 0) is 17.9 Å². The average molecular weight is 238 g/mol. The zero-order valence-corrected chi connectivity index (χ0v) is 10.9. The van der Waals surface area contributed by atoms with Crippen LogP contribution in [0.4, 0.5) is 0 Å². The zero-order valence-electron chi connectivity index (χ0n) is 10.9. The fourth-order valence-electron chi connectivity index (χ4n) is 1.81. The van der Waals surface area contributed by atoms with Crippen molar-refractivity contribution < 1.29 is 4.79 Å². The highest BCUT2D eigenvalue weighted by Gasteiger charge is 2.11. The summed E-state index contributed by atoms with van der Waals surface area (Å²) in [5.41, 5.74) is 8.51. The second-order valence-corrected chi connectivity index (χ2v) is 4.27. The molecule has 0 aliphatic rings. The maximum atomic E-state index is 10.8. The van der Waals surface area contributed by atoms with Gasteiger partial charge in [0.15, 0.2) is 0 Å². The lowest BCUT2D eigenvalue weighted by Crippen LogP contribution is -2.16. The SMILES string of the molecule is CCCNCc1c(C)nn(CCC(N)=O)c1C. The van der Waals surface area contributed by atoms with Crippen molar-refractivity contribution in [3.63, 3.8) is 0 Å². The van der Waals surface area contributed by atoms with Crippen molar-refractivity contribution in [1.82, 2.24) is 15.1 Å². The largest absolute Gasteiger partial charge is 0.370 e. The summed E-state index contributed by atoms with van der Waals surface area (Å²) in [6.45, 7) is 8.58. The van der Waals surface area contributed by atoms with Crippen LogP contribution in [0.15, 0.2) is 0 Å². The van der Waals surface area contributed by atoms with Crippen molar-refractivity contribution >= 4 is 5.91 Å². The van der Waals surface area contributed by atoms with E-state index in [9.17, 15) is 4.79 Å². The highest BCUT2D eigenvalue weighted by atomic mass is 16.1. The molecule has 0 saturated carbocycles. The molecule has 0 aromatic carbocycles. The van der Waals surface area contributed by atoms with Crippen molar-refractivity contribution in [1.29, 1.82) is 0 Å². The average Bonchev–Trinajstić information content (AvgIpc) is 2.53. The third kappa shape index (κ3) is 3.85. The number of nitrogens with two attached hydrogens (primary N) is 1. The van der Waals surface area contributed by atoms with Crippen molar-refractivity contribution in [3.8, 4) is 0 Å². The van der Waals surface area contributed by atoms with E-state index < -0.39 is 0 Å². The fraction of sp³-hybridized carbons (Fsp3) is 0.667. The molecular formula is C12H22N4O. The first-order valence-electron chi connectivity index (χ1n) is 6.08. The van der Waals surface area contributed by atoms with E-state index in [2.05, 4.69) is 17.3 Å². The van der Waals surface area contributed by atoms with Crippen molar-refractivity contribution in [2.45, 2.75) is 46.7 Å². The van der Waals surface area contributed by atoms with Gasteiger partial charge in [-0.2, -0.15) is 5.10 Å². The van der Waals surface area contributed by atoms with Crippen LogP contribution in [0.5, 0.6) is 0 Å². The molecule has 5 heteroatoms. The molecular weight excluding hydrogens is 216 g/mol. The van der Waals surface area contributed by atoms with E-state index in [-0.39, 0.29) is 5.91 Å². The van der Waals surface area contributed by atoms with Crippen molar-refractivity contribution in [2.75, 3.05) is 6.54 Å². The molecule has 3 N–H and O–H groups in total. The number of carbonyl (C=O) groups is 1. The van der Waals surface area contributed by atoms with Gasteiger partial charge in [-0.15, -0.1) is 0 Å². The predicted molar refractivity (Wildman–Crippen MR) is 67.5 cm³/mol. The van der Waals surface area contributed by atoms with Crippen LogP contribution < -0.4 is 11.1 Å². The Morgan fingerprint density at radius 3 is 2.76 bits per heavy atom. The quantitative estimate of drug-likeness (QED) is 0.692. The molecule has 0 spiro atoms. The number of aryl methyl sites for hydroxylation is 2. The third-order valence-corrected chi connectivity index (χ3v) is 2.83. The highest BCUT2D eigenvalue weighted by molar-refractivity contribution is 5.73. The molecule has 0 fully saturated rings. The topological polar surface area (TPSA) is 72.9 Å². The summed E-state index contributed by atoms with van der Waals surface area (Å²) in [7, 11) is 0. The van der Waals surface area contributed by atoms with E-state index in [0.717, 1.165) is 30.9 Å². The van der Waals surface area contributed by atoms with Gasteiger partial charge in [-0.3, -0.25) is 9.48 Å². The number of primary amides is 1. The van der Waals surface area contributed by atoms with Gasteiger partial charge in [0, 0.05) is 30.8 Å². The standard InChI is InChI=1S/C12H22N4O/c1-4-6-14-8-11-9(2)15-16(10(11)3)7-5-12(13)17/h14H,4-8H2,1-3H3,(H2,13,17). The molecule has 0 bridgehead atoms. The second kappa shape index (κ2) is 6.39. The molecule has 0 unspecified atom stereocenters. The van der Waals surface area contributed by atoms with Gasteiger partial charge in [0.25, 0.3) is 0 Å². The summed E-state index contributed by atoms with van der Waals surface area (Å²) in [4.78, 5) is 10.8. The molecule has 0 radical (unpaired) electrons. The first kappa shape index (κ1) is 13.7. The van der Waals surface area contributed by atoms with Crippen LogP contribution in [-0.4, -0.2) is 22.2 Å². The van der Waals surface area contributed by atoms with Crippen LogP contribution in [0.25, 0.3) is 0 Å². The van der Waals surface area contributed by atoms with Gasteiger partial charge >= 0.3 is 0 Å². The number of amides is 1. The molecule has 0 aliphatic heterocycles. The molecule has 1 aromatic rings. The zero-order chi connectivity index (χ0) is 12.8. The minimum absolute atomic E-state index is 0.289. The maximum absolute atomic E-state index is 10.8. The molecule has 17 heavy (non-hydrogen) atoms. The Morgan fingerprint density at radius 2 is 2.18 bits per heavy atom. The van der Waals surface area contributed by atoms with Crippen LogP contribution in [0.3, 0.4) is 0 Å². The fourth-order valence-corrected chi connectivity index (χ4v) is 1.81. The smallest absolute Gasteiger partial charge is 0.219 e. The Kier molecular flexibility index (Phi) is 5.15. The molecule has 0 atom stereocenters. The van der Waals surface area contributed by atoms with Gasteiger partial charge in [0.05, 0.1) is 5.69 Å². The van der Waals surface area contributed by atoms with Crippen molar-refractivity contribution in [3.05, 3.63) is 17.0 Å². The number of aromatic nitrogens is 2. The monoisotopic (exact) mass is 238 g/mol. The second-order valence-electron chi connectivity index (χ2n) is 4.27. The van der Waals surface area contributed by atoms with E-state index in [0.29, 0.717) is 13.0 Å². The Bertz CT molecular complexity index is 384. The van der Waals surface area contributed by atoms with Gasteiger partial charge in [0.2, 0.25) is 5.91 Å². The molecule has 0 aliphatic carbocycles.